The quantitative estimate of drug-likeness (QED) is 0.709. The minimum absolute atomic E-state index is 0.209. The maximum Gasteiger partial charge on any atom is 0.410 e. The van der Waals surface area contributed by atoms with E-state index in [2.05, 4.69) is 5.32 Å². The Morgan fingerprint density at radius 3 is 2.11 bits per heavy atom. The molecule has 2 amide bonds. The molecule has 0 radical (unpaired) electrons. The fourth-order valence-corrected chi connectivity index (χ4v) is 2.82. The van der Waals surface area contributed by atoms with Crippen molar-refractivity contribution in [3.8, 4) is 0 Å². The van der Waals surface area contributed by atoms with Crippen LogP contribution in [0.2, 0.25) is 0 Å². The van der Waals surface area contributed by atoms with Crippen molar-refractivity contribution in [3.63, 3.8) is 0 Å². The summed E-state index contributed by atoms with van der Waals surface area (Å²) >= 11 is 0. The Kier molecular flexibility index (Phi) is 8.85. The van der Waals surface area contributed by atoms with E-state index in [1.165, 1.54) is 0 Å². The Bertz CT molecular complexity index is 475. The number of hydrogen-bond acceptors (Lipinski definition) is 5. The predicted molar refractivity (Wildman–Crippen MR) is 107 cm³/mol. The van der Waals surface area contributed by atoms with Crippen molar-refractivity contribution in [3.05, 3.63) is 0 Å². The predicted octanol–water partition coefficient (Wildman–Crippen LogP) is 3.48. The minimum atomic E-state index is -0.461. The van der Waals surface area contributed by atoms with Crippen molar-refractivity contribution in [2.75, 3.05) is 39.8 Å². The van der Waals surface area contributed by atoms with Crippen molar-refractivity contribution in [2.24, 2.45) is 5.92 Å². The summed E-state index contributed by atoms with van der Waals surface area (Å²) in [5, 5.41) is 3.47. The zero-order valence-corrected chi connectivity index (χ0v) is 18.3. The van der Waals surface area contributed by atoms with Gasteiger partial charge in [0.15, 0.2) is 0 Å². The zero-order chi connectivity index (χ0) is 20.7. The lowest BCUT2D eigenvalue weighted by molar-refractivity contribution is 0.0182. The molecule has 1 fully saturated rings. The number of carbonyl (C=O) groups is 2. The summed E-state index contributed by atoms with van der Waals surface area (Å²) in [4.78, 5) is 27.4. The van der Waals surface area contributed by atoms with Crippen molar-refractivity contribution >= 4 is 12.2 Å². The van der Waals surface area contributed by atoms with Gasteiger partial charge < -0.3 is 24.6 Å². The lowest BCUT2D eigenvalue weighted by Gasteiger charge is -2.33. The van der Waals surface area contributed by atoms with Crippen LogP contribution < -0.4 is 5.32 Å². The molecule has 27 heavy (non-hydrogen) atoms. The van der Waals surface area contributed by atoms with Gasteiger partial charge in [0, 0.05) is 26.7 Å². The zero-order valence-electron chi connectivity index (χ0n) is 18.3. The summed E-state index contributed by atoms with van der Waals surface area (Å²) in [6, 6.07) is 0. The van der Waals surface area contributed by atoms with Gasteiger partial charge in [-0.15, -0.1) is 0 Å². The molecular weight excluding hydrogens is 346 g/mol. The van der Waals surface area contributed by atoms with Crippen LogP contribution >= 0.6 is 0 Å². The molecule has 0 bridgehead atoms. The smallest absolute Gasteiger partial charge is 0.410 e. The second kappa shape index (κ2) is 10.2. The molecule has 158 valence electrons. The summed E-state index contributed by atoms with van der Waals surface area (Å²) < 4.78 is 10.8. The topological polar surface area (TPSA) is 71.1 Å². The first-order valence-electron chi connectivity index (χ1n) is 10.00. The van der Waals surface area contributed by atoms with E-state index in [1.807, 2.05) is 41.5 Å². The molecule has 7 nitrogen and oxygen atoms in total. The number of likely N-dealkylation sites (tertiary alicyclic amines) is 1. The van der Waals surface area contributed by atoms with Crippen LogP contribution in [0.5, 0.6) is 0 Å². The van der Waals surface area contributed by atoms with E-state index in [1.54, 1.807) is 16.8 Å². The van der Waals surface area contributed by atoms with E-state index < -0.39 is 11.2 Å². The number of piperidine rings is 1. The summed E-state index contributed by atoms with van der Waals surface area (Å²) in [7, 11) is 1.76. The van der Waals surface area contributed by atoms with E-state index in [-0.39, 0.29) is 12.2 Å². The van der Waals surface area contributed by atoms with Crippen LogP contribution in [0.15, 0.2) is 0 Å². The van der Waals surface area contributed by atoms with Gasteiger partial charge in [-0.2, -0.15) is 0 Å². The van der Waals surface area contributed by atoms with Crippen LogP contribution in [0.4, 0.5) is 9.59 Å². The highest BCUT2D eigenvalue weighted by molar-refractivity contribution is 5.68. The molecule has 1 N–H and O–H groups in total. The molecule has 0 saturated carbocycles. The molecule has 1 aliphatic rings. The fraction of sp³-hybridized carbons (Fsp3) is 0.900. The van der Waals surface area contributed by atoms with Crippen LogP contribution in [0, 0.1) is 5.92 Å². The number of nitrogens with one attached hydrogen (secondary N) is 1. The third-order valence-corrected chi connectivity index (χ3v) is 4.25. The monoisotopic (exact) mass is 385 g/mol. The molecule has 0 aromatic carbocycles. The van der Waals surface area contributed by atoms with Gasteiger partial charge in [-0.05, 0) is 79.8 Å². The average Bonchev–Trinajstić information content (AvgIpc) is 2.51. The van der Waals surface area contributed by atoms with E-state index in [9.17, 15) is 9.59 Å². The Morgan fingerprint density at radius 2 is 1.59 bits per heavy atom. The number of hydrogen-bond donors (Lipinski definition) is 1. The van der Waals surface area contributed by atoms with Gasteiger partial charge in [-0.25, -0.2) is 9.59 Å². The number of amides is 2. The van der Waals surface area contributed by atoms with E-state index in [0.29, 0.717) is 12.5 Å². The highest BCUT2D eigenvalue weighted by Crippen LogP contribution is 2.19. The fourth-order valence-electron chi connectivity index (χ4n) is 2.82. The van der Waals surface area contributed by atoms with Gasteiger partial charge in [0.2, 0.25) is 0 Å². The Balaban J connectivity index is 2.14. The molecule has 1 saturated heterocycles. The van der Waals surface area contributed by atoms with E-state index >= 15 is 0 Å². The summed E-state index contributed by atoms with van der Waals surface area (Å²) in [5.41, 5.74) is -0.903. The molecule has 0 spiro atoms. The first kappa shape index (κ1) is 23.5. The molecule has 0 unspecified atom stereocenters. The van der Waals surface area contributed by atoms with Crippen molar-refractivity contribution in [1.82, 2.24) is 15.1 Å². The van der Waals surface area contributed by atoms with Gasteiger partial charge in [0.05, 0.1) is 0 Å². The van der Waals surface area contributed by atoms with Gasteiger partial charge >= 0.3 is 12.2 Å². The molecule has 0 aromatic heterocycles. The molecular formula is C20H39N3O4. The van der Waals surface area contributed by atoms with Crippen LogP contribution in [0.1, 0.15) is 60.8 Å². The lowest BCUT2D eigenvalue weighted by Crippen LogP contribution is -2.43. The van der Waals surface area contributed by atoms with E-state index in [0.717, 1.165) is 45.4 Å². The number of ether oxygens (including phenoxy) is 2. The Morgan fingerprint density at radius 1 is 1.04 bits per heavy atom. The summed E-state index contributed by atoms with van der Waals surface area (Å²) in [6.45, 7) is 15.3. The van der Waals surface area contributed by atoms with Crippen molar-refractivity contribution < 1.29 is 19.1 Å². The van der Waals surface area contributed by atoms with Gasteiger partial charge in [-0.1, -0.05) is 0 Å². The first-order chi connectivity index (χ1) is 12.4. The number of carbonyl (C=O) groups excluding carboxylic acids is 2. The molecule has 0 aromatic rings. The highest BCUT2D eigenvalue weighted by atomic mass is 16.6. The molecule has 0 atom stereocenters. The van der Waals surface area contributed by atoms with Gasteiger partial charge in [0.25, 0.3) is 0 Å². The largest absolute Gasteiger partial charge is 0.444 e. The van der Waals surface area contributed by atoms with Gasteiger partial charge in [-0.3, -0.25) is 0 Å². The third kappa shape index (κ3) is 10.4. The van der Waals surface area contributed by atoms with Crippen molar-refractivity contribution in [1.29, 1.82) is 0 Å². The number of rotatable bonds is 6. The summed E-state index contributed by atoms with van der Waals surface area (Å²) in [5.74, 6) is 0.576. The maximum absolute atomic E-state index is 12.1. The normalized spacial score (nSPS) is 16.2. The van der Waals surface area contributed by atoms with Crippen LogP contribution in [0.3, 0.4) is 0 Å². The molecule has 1 rings (SSSR count). The van der Waals surface area contributed by atoms with Crippen LogP contribution in [-0.4, -0.2) is 73.0 Å². The molecule has 1 aliphatic heterocycles. The molecule has 7 heteroatoms. The standard InChI is InChI=1S/C20H39N3O4/c1-19(2,3)26-17(24)22(7)12-8-11-21-15-16-9-13-23(14-10-16)18(25)27-20(4,5)6/h16,21H,8-15H2,1-7H3. The van der Waals surface area contributed by atoms with E-state index in [4.69, 9.17) is 9.47 Å². The third-order valence-electron chi connectivity index (χ3n) is 4.25. The average molecular weight is 386 g/mol. The second-order valence-corrected chi connectivity index (χ2v) is 9.37. The molecule has 1 heterocycles. The van der Waals surface area contributed by atoms with Crippen LogP contribution in [0.25, 0.3) is 0 Å². The highest BCUT2D eigenvalue weighted by Gasteiger charge is 2.26. The van der Waals surface area contributed by atoms with Crippen LogP contribution in [-0.2, 0) is 9.47 Å². The van der Waals surface area contributed by atoms with Crippen molar-refractivity contribution in [2.45, 2.75) is 72.0 Å². The second-order valence-electron chi connectivity index (χ2n) is 9.37. The molecule has 0 aliphatic carbocycles. The lowest BCUT2D eigenvalue weighted by atomic mass is 9.97. The number of nitrogens with zero attached hydrogens (tertiary/aromatic N) is 2. The van der Waals surface area contributed by atoms with Gasteiger partial charge in [0.1, 0.15) is 11.2 Å². The summed E-state index contributed by atoms with van der Waals surface area (Å²) in [6.07, 6.45) is 2.37. The SMILES string of the molecule is CN(CCCNCC1CCN(C(=O)OC(C)(C)C)CC1)C(=O)OC(C)(C)C. The maximum atomic E-state index is 12.1. The first-order valence-corrected chi connectivity index (χ1v) is 10.00. The minimum Gasteiger partial charge on any atom is -0.444 e. The Labute approximate surface area is 164 Å². The Hall–Kier alpha value is -1.50.